The minimum absolute atomic E-state index is 0.0430. The van der Waals surface area contributed by atoms with Gasteiger partial charge >= 0.3 is 11.9 Å². The van der Waals surface area contributed by atoms with Crippen LogP contribution >= 0.6 is 0 Å². The number of benzene rings is 3. The van der Waals surface area contributed by atoms with Crippen molar-refractivity contribution in [2.45, 2.75) is 41.4 Å². The van der Waals surface area contributed by atoms with Crippen molar-refractivity contribution in [3.05, 3.63) is 95.1 Å². The van der Waals surface area contributed by atoms with E-state index in [2.05, 4.69) is 4.72 Å². The second-order valence-electron chi connectivity index (χ2n) is 9.46. The van der Waals surface area contributed by atoms with Gasteiger partial charge in [0.25, 0.3) is 0 Å². The molecule has 4 rings (SSSR count). The summed E-state index contributed by atoms with van der Waals surface area (Å²) in [5.41, 5.74) is 0.374. The quantitative estimate of drug-likeness (QED) is 0.322. The Hall–Kier alpha value is -3.54. The summed E-state index contributed by atoms with van der Waals surface area (Å²) in [5, 5.41) is -1.25. The fraction of sp³-hybridized carbons (Fsp3) is 0.286. The van der Waals surface area contributed by atoms with Crippen molar-refractivity contribution < 1.29 is 35.9 Å². The maximum atomic E-state index is 13.8. The Bertz CT molecular complexity index is 1580. The summed E-state index contributed by atoms with van der Waals surface area (Å²) in [5.74, 6) is -1.81. The SMILES string of the molecule is COC(=O)C1(C(=O)OC)Cc2cc(CNS(=O)(=O)c3ccc(C)cc3)ccc2C(S(=O)(=O)c2ccccc2)C1. The monoisotopic (exact) mass is 571 g/mol. The predicted molar refractivity (Wildman–Crippen MR) is 143 cm³/mol. The van der Waals surface area contributed by atoms with Crippen LogP contribution in [0.2, 0.25) is 0 Å². The minimum atomic E-state index is -4.04. The van der Waals surface area contributed by atoms with E-state index >= 15 is 0 Å². The molecule has 9 nitrogen and oxygen atoms in total. The summed E-state index contributed by atoms with van der Waals surface area (Å²) in [7, 11) is -5.61. The average Bonchev–Trinajstić information content (AvgIpc) is 2.95. The van der Waals surface area contributed by atoms with E-state index in [9.17, 15) is 26.4 Å². The Balaban J connectivity index is 1.77. The van der Waals surface area contributed by atoms with Gasteiger partial charge in [-0.05, 0) is 60.7 Å². The standard InChI is InChI=1S/C28H29NO8S2/c1-19-9-12-23(13-10-19)39(34,35)29-18-20-11-14-24-21(15-20)16-28(26(30)36-2,27(31)37-3)17-25(24)38(32,33)22-7-5-4-6-8-22/h4-15,25,29H,16-18H2,1-3H3. The molecule has 0 spiro atoms. The van der Waals surface area contributed by atoms with Crippen molar-refractivity contribution in [2.24, 2.45) is 5.41 Å². The van der Waals surface area contributed by atoms with Gasteiger partial charge in [-0.1, -0.05) is 54.1 Å². The van der Waals surface area contributed by atoms with Crippen LogP contribution in [-0.2, 0) is 51.9 Å². The van der Waals surface area contributed by atoms with Crippen LogP contribution in [0, 0.1) is 12.3 Å². The predicted octanol–water partition coefficient (Wildman–Crippen LogP) is 3.27. The van der Waals surface area contributed by atoms with Gasteiger partial charge in [0.1, 0.15) is 0 Å². The molecule has 39 heavy (non-hydrogen) atoms. The van der Waals surface area contributed by atoms with Crippen LogP contribution in [-0.4, -0.2) is 43.0 Å². The zero-order valence-corrected chi connectivity index (χ0v) is 23.3. The molecule has 1 N–H and O–H groups in total. The van der Waals surface area contributed by atoms with E-state index in [0.717, 1.165) is 19.8 Å². The summed E-state index contributed by atoms with van der Waals surface area (Å²) in [4.78, 5) is 26.2. The molecule has 11 heteroatoms. The normalized spacial score (nSPS) is 16.6. The first-order valence-corrected chi connectivity index (χ1v) is 15.1. The molecule has 0 saturated heterocycles. The van der Waals surface area contributed by atoms with Crippen molar-refractivity contribution >= 4 is 31.8 Å². The number of hydrogen-bond donors (Lipinski definition) is 1. The van der Waals surface area contributed by atoms with Crippen LogP contribution < -0.4 is 4.72 Å². The van der Waals surface area contributed by atoms with Gasteiger partial charge < -0.3 is 9.47 Å². The topological polar surface area (TPSA) is 133 Å². The Morgan fingerprint density at radius 2 is 1.49 bits per heavy atom. The minimum Gasteiger partial charge on any atom is -0.468 e. The maximum Gasteiger partial charge on any atom is 0.323 e. The summed E-state index contributed by atoms with van der Waals surface area (Å²) in [6.45, 7) is 1.76. The second-order valence-corrected chi connectivity index (χ2v) is 13.4. The lowest BCUT2D eigenvalue weighted by Crippen LogP contribution is -2.47. The molecule has 3 aromatic carbocycles. The van der Waals surface area contributed by atoms with Crippen molar-refractivity contribution in [3.8, 4) is 0 Å². The molecule has 0 bridgehead atoms. The molecule has 0 fully saturated rings. The Morgan fingerprint density at radius 1 is 0.872 bits per heavy atom. The largest absolute Gasteiger partial charge is 0.468 e. The van der Waals surface area contributed by atoms with Crippen molar-refractivity contribution in [3.63, 3.8) is 0 Å². The first kappa shape index (κ1) is 28.5. The van der Waals surface area contributed by atoms with Gasteiger partial charge in [-0.3, -0.25) is 9.59 Å². The number of ether oxygens (including phenoxy) is 2. The number of esters is 2. The van der Waals surface area contributed by atoms with E-state index in [-0.39, 0.29) is 29.2 Å². The van der Waals surface area contributed by atoms with Gasteiger partial charge in [0.15, 0.2) is 15.3 Å². The zero-order valence-electron chi connectivity index (χ0n) is 21.7. The second kappa shape index (κ2) is 10.9. The molecule has 206 valence electrons. The third-order valence-corrected chi connectivity index (χ3v) is 10.5. The van der Waals surface area contributed by atoms with Crippen LogP contribution in [0.25, 0.3) is 0 Å². The summed E-state index contributed by atoms with van der Waals surface area (Å²) in [6, 6.07) is 19.0. The Kier molecular flexibility index (Phi) is 7.97. The highest BCUT2D eigenvalue weighted by Gasteiger charge is 2.55. The Labute approximate surface area is 228 Å². The molecule has 3 aromatic rings. The number of sulfonamides is 1. The molecular formula is C28H29NO8S2. The molecular weight excluding hydrogens is 542 g/mol. The van der Waals surface area contributed by atoms with Crippen molar-refractivity contribution in [1.29, 1.82) is 0 Å². The summed E-state index contributed by atoms with van der Waals surface area (Å²) in [6.07, 6.45) is -0.531. The van der Waals surface area contributed by atoms with Crippen LogP contribution in [0.5, 0.6) is 0 Å². The van der Waals surface area contributed by atoms with Crippen LogP contribution in [0.3, 0.4) is 0 Å². The lowest BCUT2D eigenvalue weighted by atomic mass is 9.71. The number of sulfone groups is 1. The molecule has 1 aliphatic rings. The van der Waals surface area contributed by atoms with Crippen LogP contribution in [0.4, 0.5) is 0 Å². The maximum absolute atomic E-state index is 13.8. The summed E-state index contributed by atoms with van der Waals surface area (Å²) >= 11 is 0. The number of methoxy groups -OCH3 is 2. The van der Waals surface area contributed by atoms with Crippen molar-refractivity contribution in [2.75, 3.05) is 14.2 Å². The highest BCUT2D eigenvalue weighted by atomic mass is 32.2. The molecule has 0 heterocycles. The molecule has 0 amide bonds. The molecule has 1 atom stereocenters. The number of carbonyl (C=O) groups is 2. The molecule has 0 radical (unpaired) electrons. The lowest BCUT2D eigenvalue weighted by Gasteiger charge is -2.37. The molecule has 1 aliphatic carbocycles. The van der Waals surface area contributed by atoms with E-state index in [0.29, 0.717) is 16.7 Å². The van der Waals surface area contributed by atoms with Gasteiger partial charge in [-0.25, -0.2) is 21.6 Å². The molecule has 0 aromatic heterocycles. The van der Waals surface area contributed by atoms with Gasteiger partial charge in [0.2, 0.25) is 10.0 Å². The lowest BCUT2D eigenvalue weighted by molar-refractivity contribution is -0.170. The average molecular weight is 572 g/mol. The number of aryl methyl sites for hydroxylation is 1. The number of carbonyl (C=O) groups excluding carboxylic acids is 2. The van der Waals surface area contributed by atoms with Gasteiger partial charge in [0.05, 0.1) is 29.3 Å². The fourth-order valence-electron chi connectivity index (χ4n) is 4.88. The van der Waals surface area contributed by atoms with Gasteiger partial charge in [0, 0.05) is 6.54 Å². The third-order valence-electron chi connectivity index (χ3n) is 6.98. The molecule has 1 unspecified atom stereocenters. The number of fused-ring (bicyclic) bond motifs is 1. The zero-order chi connectivity index (χ0) is 28.4. The van der Waals surface area contributed by atoms with Gasteiger partial charge in [-0.15, -0.1) is 0 Å². The summed E-state index contributed by atoms with van der Waals surface area (Å²) < 4.78 is 65.6. The van der Waals surface area contributed by atoms with E-state index < -0.39 is 42.5 Å². The molecule has 0 saturated carbocycles. The third kappa shape index (κ3) is 5.47. The number of hydrogen-bond acceptors (Lipinski definition) is 8. The van der Waals surface area contributed by atoms with E-state index in [1.165, 1.54) is 24.3 Å². The van der Waals surface area contributed by atoms with Crippen LogP contribution in [0.1, 0.15) is 33.9 Å². The Morgan fingerprint density at radius 3 is 2.08 bits per heavy atom. The highest BCUT2D eigenvalue weighted by Crippen LogP contribution is 2.48. The first-order valence-electron chi connectivity index (χ1n) is 12.1. The molecule has 0 aliphatic heterocycles. The fourth-order valence-corrected chi connectivity index (χ4v) is 7.83. The van der Waals surface area contributed by atoms with E-state index in [4.69, 9.17) is 9.47 Å². The highest BCUT2D eigenvalue weighted by molar-refractivity contribution is 7.91. The smallest absolute Gasteiger partial charge is 0.323 e. The van der Waals surface area contributed by atoms with E-state index in [1.54, 1.807) is 48.5 Å². The van der Waals surface area contributed by atoms with Crippen LogP contribution in [0.15, 0.2) is 82.6 Å². The van der Waals surface area contributed by atoms with Crippen molar-refractivity contribution in [1.82, 2.24) is 4.72 Å². The first-order chi connectivity index (χ1) is 18.4. The number of rotatable bonds is 8. The van der Waals surface area contributed by atoms with Gasteiger partial charge in [-0.2, -0.15) is 0 Å². The van der Waals surface area contributed by atoms with E-state index in [1.807, 2.05) is 6.92 Å². The number of nitrogens with one attached hydrogen (secondary N) is 1.